The molecule has 0 aromatic heterocycles. The molecule has 1 N–H and O–H groups in total. The van der Waals surface area contributed by atoms with Crippen molar-refractivity contribution in [2.24, 2.45) is 5.92 Å². The van der Waals surface area contributed by atoms with Gasteiger partial charge in [-0.3, -0.25) is 0 Å². The van der Waals surface area contributed by atoms with Gasteiger partial charge in [0, 0.05) is 0 Å². The summed E-state index contributed by atoms with van der Waals surface area (Å²) < 4.78 is 0. The highest BCUT2D eigenvalue weighted by molar-refractivity contribution is 4.90. The fraction of sp³-hybridized carbons (Fsp3) is 1.00. The predicted molar refractivity (Wildman–Crippen MR) is 61.3 cm³/mol. The quantitative estimate of drug-likeness (QED) is 0.586. The molecule has 1 nitrogen and oxygen atoms in total. The van der Waals surface area contributed by atoms with Gasteiger partial charge in [-0.15, -0.1) is 0 Å². The van der Waals surface area contributed by atoms with Gasteiger partial charge in [0.25, 0.3) is 0 Å². The number of aliphatic hydroxyl groups is 1. The first-order valence-corrected chi connectivity index (χ1v) is 6.39. The highest BCUT2D eigenvalue weighted by atomic mass is 16.3. The molecule has 0 heterocycles. The summed E-state index contributed by atoms with van der Waals surface area (Å²) in [5, 5.41) is 10.1. The molecule has 0 spiro atoms. The standard InChI is InChI=1S/C13H26O/c1-3-4-5-6-7-8-11-13(2,14)12-9-10-12/h12,14H,3-11H2,1-2H3. The average Bonchev–Trinajstić information content (AvgIpc) is 2.94. The molecule has 0 aromatic rings. The van der Waals surface area contributed by atoms with E-state index >= 15 is 0 Å². The van der Waals surface area contributed by atoms with Gasteiger partial charge in [0.2, 0.25) is 0 Å². The van der Waals surface area contributed by atoms with E-state index in [2.05, 4.69) is 6.92 Å². The summed E-state index contributed by atoms with van der Waals surface area (Å²) >= 11 is 0. The third-order valence-electron chi connectivity index (χ3n) is 3.49. The molecule has 1 aliphatic rings. The molecule has 0 amide bonds. The first-order chi connectivity index (χ1) is 6.67. The van der Waals surface area contributed by atoms with Crippen LogP contribution in [0.15, 0.2) is 0 Å². The highest BCUT2D eigenvalue weighted by Crippen LogP contribution is 2.41. The van der Waals surface area contributed by atoms with Crippen molar-refractivity contribution < 1.29 is 5.11 Å². The fourth-order valence-electron chi connectivity index (χ4n) is 2.17. The molecule has 0 saturated heterocycles. The van der Waals surface area contributed by atoms with Crippen molar-refractivity contribution in [1.82, 2.24) is 0 Å². The molecule has 1 rings (SSSR count). The molecule has 1 heteroatoms. The molecular weight excluding hydrogens is 172 g/mol. The summed E-state index contributed by atoms with van der Waals surface area (Å²) in [4.78, 5) is 0. The lowest BCUT2D eigenvalue weighted by atomic mass is 9.93. The number of hydrogen-bond acceptors (Lipinski definition) is 1. The fourth-order valence-corrected chi connectivity index (χ4v) is 2.17. The van der Waals surface area contributed by atoms with Crippen LogP contribution in [0.5, 0.6) is 0 Å². The lowest BCUT2D eigenvalue weighted by Crippen LogP contribution is -2.26. The minimum Gasteiger partial charge on any atom is -0.390 e. The van der Waals surface area contributed by atoms with Crippen LogP contribution in [0.1, 0.15) is 71.6 Å². The summed E-state index contributed by atoms with van der Waals surface area (Å²) in [6, 6.07) is 0. The van der Waals surface area contributed by atoms with E-state index in [1.54, 1.807) is 0 Å². The molecule has 0 radical (unpaired) electrons. The van der Waals surface area contributed by atoms with Gasteiger partial charge in [-0.05, 0) is 32.1 Å². The number of rotatable bonds is 8. The van der Waals surface area contributed by atoms with E-state index in [0.29, 0.717) is 5.92 Å². The molecule has 1 saturated carbocycles. The largest absolute Gasteiger partial charge is 0.390 e. The van der Waals surface area contributed by atoms with E-state index < -0.39 is 0 Å². The molecule has 0 aliphatic heterocycles. The Bertz CT molecular complexity index is 147. The van der Waals surface area contributed by atoms with Crippen LogP contribution in [0.25, 0.3) is 0 Å². The molecular formula is C13H26O. The minimum absolute atomic E-state index is 0.343. The van der Waals surface area contributed by atoms with E-state index in [-0.39, 0.29) is 5.60 Å². The maximum absolute atomic E-state index is 10.1. The van der Waals surface area contributed by atoms with E-state index in [1.807, 2.05) is 6.92 Å². The smallest absolute Gasteiger partial charge is 0.0647 e. The second-order valence-electron chi connectivity index (χ2n) is 5.15. The molecule has 0 bridgehead atoms. The highest BCUT2D eigenvalue weighted by Gasteiger charge is 2.38. The molecule has 14 heavy (non-hydrogen) atoms. The number of unbranched alkanes of at least 4 members (excludes halogenated alkanes) is 5. The van der Waals surface area contributed by atoms with Crippen LogP contribution < -0.4 is 0 Å². The predicted octanol–water partition coefficient (Wildman–Crippen LogP) is 3.90. The van der Waals surface area contributed by atoms with Crippen molar-refractivity contribution in [2.75, 3.05) is 0 Å². The Hall–Kier alpha value is -0.0400. The normalized spacial score (nSPS) is 20.8. The van der Waals surface area contributed by atoms with Crippen LogP contribution in [0.3, 0.4) is 0 Å². The molecule has 84 valence electrons. The first-order valence-electron chi connectivity index (χ1n) is 6.39. The topological polar surface area (TPSA) is 20.2 Å². The van der Waals surface area contributed by atoms with Gasteiger partial charge < -0.3 is 5.11 Å². The lowest BCUT2D eigenvalue weighted by Gasteiger charge is -2.22. The van der Waals surface area contributed by atoms with Gasteiger partial charge >= 0.3 is 0 Å². The molecule has 1 fully saturated rings. The van der Waals surface area contributed by atoms with E-state index in [1.165, 1.54) is 51.4 Å². The van der Waals surface area contributed by atoms with Gasteiger partial charge in [0.1, 0.15) is 0 Å². The van der Waals surface area contributed by atoms with E-state index in [4.69, 9.17) is 0 Å². The SMILES string of the molecule is CCCCCCCCC(C)(O)C1CC1. The zero-order chi connectivity index (χ0) is 10.4. The van der Waals surface area contributed by atoms with Crippen LogP contribution in [0.2, 0.25) is 0 Å². The summed E-state index contributed by atoms with van der Waals surface area (Å²) in [6.07, 6.45) is 11.5. The second-order valence-corrected chi connectivity index (χ2v) is 5.15. The molecule has 1 atom stereocenters. The van der Waals surface area contributed by atoms with Gasteiger partial charge in [-0.2, -0.15) is 0 Å². The van der Waals surface area contributed by atoms with E-state index in [0.717, 1.165) is 6.42 Å². The maximum atomic E-state index is 10.1. The van der Waals surface area contributed by atoms with Gasteiger partial charge in [-0.25, -0.2) is 0 Å². The van der Waals surface area contributed by atoms with Crippen molar-refractivity contribution in [3.05, 3.63) is 0 Å². The zero-order valence-electron chi connectivity index (χ0n) is 9.89. The zero-order valence-corrected chi connectivity index (χ0v) is 9.89. The minimum atomic E-state index is -0.343. The third-order valence-corrected chi connectivity index (χ3v) is 3.49. The second kappa shape index (κ2) is 5.75. The lowest BCUT2D eigenvalue weighted by molar-refractivity contribution is 0.0255. The molecule has 1 aliphatic carbocycles. The Morgan fingerprint density at radius 1 is 1.07 bits per heavy atom. The van der Waals surface area contributed by atoms with Crippen LogP contribution in [0.4, 0.5) is 0 Å². The van der Waals surface area contributed by atoms with Gasteiger partial charge in [0.15, 0.2) is 0 Å². The maximum Gasteiger partial charge on any atom is 0.0647 e. The van der Waals surface area contributed by atoms with Crippen molar-refractivity contribution >= 4 is 0 Å². The van der Waals surface area contributed by atoms with Crippen LogP contribution in [0, 0.1) is 5.92 Å². The Labute approximate surface area is 88.9 Å². The van der Waals surface area contributed by atoms with Crippen LogP contribution in [-0.2, 0) is 0 Å². The van der Waals surface area contributed by atoms with Crippen molar-refractivity contribution in [3.8, 4) is 0 Å². The summed E-state index contributed by atoms with van der Waals surface area (Å²) in [6.45, 7) is 4.27. The van der Waals surface area contributed by atoms with E-state index in [9.17, 15) is 5.11 Å². The summed E-state index contributed by atoms with van der Waals surface area (Å²) in [5.74, 6) is 0.623. The van der Waals surface area contributed by atoms with Gasteiger partial charge in [-0.1, -0.05) is 45.4 Å². The Morgan fingerprint density at radius 3 is 2.21 bits per heavy atom. The number of hydrogen-bond donors (Lipinski definition) is 1. The first kappa shape index (κ1) is 12.0. The summed E-state index contributed by atoms with van der Waals surface area (Å²) in [7, 11) is 0. The molecule has 0 aromatic carbocycles. The third kappa shape index (κ3) is 4.45. The van der Waals surface area contributed by atoms with Crippen molar-refractivity contribution in [2.45, 2.75) is 77.2 Å². The summed E-state index contributed by atoms with van der Waals surface area (Å²) in [5.41, 5.74) is -0.343. The average molecular weight is 198 g/mol. The van der Waals surface area contributed by atoms with Crippen LogP contribution >= 0.6 is 0 Å². The van der Waals surface area contributed by atoms with Crippen molar-refractivity contribution in [3.63, 3.8) is 0 Å². The monoisotopic (exact) mass is 198 g/mol. The Kier molecular flexibility index (Phi) is 4.94. The van der Waals surface area contributed by atoms with Crippen molar-refractivity contribution in [1.29, 1.82) is 0 Å². The molecule has 1 unspecified atom stereocenters. The Balaban J connectivity index is 1.92. The van der Waals surface area contributed by atoms with Crippen LogP contribution in [-0.4, -0.2) is 10.7 Å². The Morgan fingerprint density at radius 2 is 1.64 bits per heavy atom. The van der Waals surface area contributed by atoms with Gasteiger partial charge in [0.05, 0.1) is 5.60 Å².